The summed E-state index contributed by atoms with van der Waals surface area (Å²) in [6.07, 6.45) is -3.12. The molecule has 2 aromatic rings. The first-order valence-electron chi connectivity index (χ1n) is 8.70. The summed E-state index contributed by atoms with van der Waals surface area (Å²) in [6, 6.07) is 0.329. The SMILES string of the molecule is CCOCc1cnc2n1CCN(Cc1scnc1C)C2C.O=C(O)C(F)(F)F. The second-order valence-corrected chi connectivity index (χ2v) is 7.15. The lowest BCUT2D eigenvalue weighted by Crippen LogP contribution is -2.37. The molecule has 0 radical (unpaired) electrons. The molecule has 11 heteroatoms. The third-order valence-corrected chi connectivity index (χ3v) is 5.31. The number of thiazole rings is 1. The number of rotatable bonds is 5. The van der Waals surface area contributed by atoms with E-state index in [4.69, 9.17) is 14.6 Å². The molecular weight excluding hydrogens is 397 g/mol. The Bertz CT molecular complexity index is 791. The minimum absolute atomic E-state index is 0.329. The van der Waals surface area contributed by atoms with Crippen molar-refractivity contribution < 1.29 is 27.8 Å². The molecule has 0 aromatic carbocycles. The van der Waals surface area contributed by atoms with Crippen molar-refractivity contribution in [2.24, 2.45) is 0 Å². The van der Waals surface area contributed by atoms with Gasteiger partial charge >= 0.3 is 12.1 Å². The van der Waals surface area contributed by atoms with Gasteiger partial charge in [-0.05, 0) is 20.8 Å². The summed E-state index contributed by atoms with van der Waals surface area (Å²) in [7, 11) is 0. The van der Waals surface area contributed by atoms with Gasteiger partial charge in [0.2, 0.25) is 0 Å². The Kier molecular flexibility index (Phi) is 7.55. The standard InChI is InChI=1S/C15H22N4OS.C2HF3O2/c1-4-20-9-13-7-16-15-12(3)18(5-6-19(13)15)8-14-11(2)17-10-21-14;3-2(4,5)1(6)7/h7,10,12H,4-6,8-9H2,1-3H3;(H,6,7). The van der Waals surface area contributed by atoms with Gasteiger partial charge in [0.15, 0.2) is 0 Å². The number of aromatic nitrogens is 3. The number of nitrogens with zero attached hydrogens (tertiary/aromatic N) is 4. The van der Waals surface area contributed by atoms with Gasteiger partial charge in [-0.2, -0.15) is 13.2 Å². The minimum atomic E-state index is -5.08. The Balaban J connectivity index is 0.000000345. The second-order valence-electron chi connectivity index (χ2n) is 6.21. The highest BCUT2D eigenvalue weighted by molar-refractivity contribution is 7.09. The van der Waals surface area contributed by atoms with Crippen LogP contribution >= 0.6 is 11.3 Å². The normalized spacial score (nSPS) is 17.0. The highest BCUT2D eigenvalue weighted by Gasteiger charge is 2.38. The van der Waals surface area contributed by atoms with Gasteiger partial charge in [-0.1, -0.05) is 0 Å². The van der Waals surface area contributed by atoms with Crippen LogP contribution in [0.2, 0.25) is 0 Å². The maximum absolute atomic E-state index is 10.6. The van der Waals surface area contributed by atoms with Crippen LogP contribution in [0.1, 0.15) is 42.0 Å². The second kappa shape index (κ2) is 9.48. The predicted molar refractivity (Wildman–Crippen MR) is 96.9 cm³/mol. The molecule has 2 aromatic heterocycles. The number of hydrogen-bond acceptors (Lipinski definition) is 6. The molecule has 0 bridgehead atoms. The fraction of sp³-hybridized carbons (Fsp3) is 0.588. The van der Waals surface area contributed by atoms with E-state index in [1.54, 1.807) is 11.3 Å². The summed E-state index contributed by atoms with van der Waals surface area (Å²) in [5.74, 6) is -1.61. The van der Waals surface area contributed by atoms with Crippen LogP contribution < -0.4 is 0 Å². The maximum Gasteiger partial charge on any atom is 0.490 e. The molecule has 0 spiro atoms. The van der Waals surface area contributed by atoms with Crippen molar-refractivity contribution in [3.63, 3.8) is 0 Å². The van der Waals surface area contributed by atoms with E-state index >= 15 is 0 Å². The number of halogens is 3. The Morgan fingerprint density at radius 1 is 1.39 bits per heavy atom. The molecular formula is C17H23F3N4O3S. The first-order chi connectivity index (χ1) is 13.1. The lowest BCUT2D eigenvalue weighted by Gasteiger charge is -2.34. The van der Waals surface area contributed by atoms with Gasteiger partial charge in [0.25, 0.3) is 0 Å². The first kappa shape index (κ1) is 22.3. The van der Waals surface area contributed by atoms with E-state index in [-0.39, 0.29) is 0 Å². The topological polar surface area (TPSA) is 80.5 Å². The fourth-order valence-corrected chi connectivity index (χ4v) is 3.61. The summed E-state index contributed by atoms with van der Waals surface area (Å²) >= 11 is 1.74. The zero-order chi connectivity index (χ0) is 20.9. The van der Waals surface area contributed by atoms with E-state index in [0.717, 1.165) is 37.8 Å². The van der Waals surface area contributed by atoms with Crippen molar-refractivity contribution in [2.75, 3.05) is 13.2 Å². The van der Waals surface area contributed by atoms with Crippen LogP contribution in [0.5, 0.6) is 0 Å². The number of carboxylic acid groups (broad SMARTS) is 1. The van der Waals surface area contributed by atoms with Gasteiger partial charge in [-0.15, -0.1) is 11.3 Å². The predicted octanol–water partition coefficient (Wildman–Crippen LogP) is 3.39. The van der Waals surface area contributed by atoms with Gasteiger partial charge in [0.1, 0.15) is 5.82 Å². The van der Waals surface area contributed by atoms with Crippen molar-refractivity contribution >= 4 is 17.3 Å². The molecule has 1 unspecified atom stereocenters. The Morgan fingerprint density at radius 2 is 2.07 bits per heavy atom. The van der Waals surface area contributed by atoms with Crippen LogP contribution in [0.15, 0.2) is 11.7 Å². The highest BCUT2D eigenvalue weighted by atomic mass is 32.1. The zero-order valence-corrected chi connectivity index (χ0v) is 16.7. The minimum Gasteiger partial charge on any atom is -0.475 e. The van der Waals surface area contributed by atoms with E-state index in [1.807, 2.05) is 18.6 Å². The van der Waals surface area contributed by atoms with Crippen LogP contribution in [0, 0.1) is 6.92 Å². The van der Waals surface area contributed by atoms with Gasteiger partial charge < -0.3 is 14.4 Å². The van der Waals surface area contributed by atoms with Crippen molar-refractivity contribution in [1.82, 2.24) is 19.4 Å². The Morgan fingerprint density at radius 3 is 2.61 bits per heavy atom. The number of carboxylic acids is 1. The number of aryl methyl sites for hydroxylation is 1. The number of alkyl halides is 3. The number of carbonyl (C=O) groups is 1. The van der Waals surface area contributed by atoms with E-state index in [1.165, 1.54) is 10.6 Å². The van der Waals surface area contributed by atoms with Gasteiger partial charge in [0.05, 0.1) is 35.7 Å². The lowest BCUT2D eigenvalue weighted by atomic mass is 10.2. The third-order valence-electron chi connectivity index (χ3n) is 4.39. The van der Waals surface area contributed by atoms with E-state index in [0.29, 0.717) is 12.6 Å². The molecule has 156 valence electrons. The summed E-state index contributed by atoms with van der Waals surface area (Å²) in [5, 5.41) is 7.12. The van der Waals surface area contributed by atoms with Crippen molar-refractivity contribution in [3.05, 3.63) is 33.8 Å². The summed E-state index contributed by atoms with van der Waals surface area (Å²) in [4.78, 5) is 21.7. The van der Waals surface area contributed by atoms with Crippen molar-refractivity contribution in [2.45, 2.75) is 52.7 Å². The molecule has 7 nitrogen and oxygen atoms in total. The Hall–Kier alpha value is -1.98. The van der Waals surface area contributed by atoms with Crippen LogP contribution in [0.25, 0.3) is 0 Å². The van der Waals surface area contributed by atoms with Crippen LogP contribution in [-0.2, 0) is 29.2 Å². The van der Waals surface area contributed by atoms with Crippen LogP contribution in [-0.4, -0.2) is 49.8 Å². The summed E-state index contributed by atoms with van der Waals surface area (Å²) in [6.45, 7) is 10.7. The molecule has 1 aliphatic heterocycles. The van der Waals surface area contributed by atoms with E-state index in [9.17, 15) is 13.2 Å². The number of ether oxygens (including phenoxy) is 1. The van der Waals surface area contributed by atoms with E-state index in [2.05, 4.69) is 33.3 Å². The smallest absolute Gasteiger partial charge is 0.475 e. The molecule has 0 aliphatic carbocycles. The lowest BCUT2D eigenvalue weighted by molar-refractivity contribution is -0.192. The maximum atomic E-state index is 10.6. The van der Waals surface area contributed by atoms with Crippen LogP contribution in [0.4, 0.5) is 13.2 Å². The summed E-state index contributed by atoms with van der Waals surface area (Å²) < 4.78 is 39.6. The monoisotopic (exact) mass is 420 g/mol. The van der Waals surface area contributed by atoms with Gasteiger partial charge in [-0.3, -0.25) is 4.90 Å². The highest BCUT2D eigenvalue weighted by Crippen LogP contribution is 2.28. The molecule has 1 atom stereocenters. The third kappa shape index (κ3) is 5.52. The number of aliphatic carboxylic acids is 1. The number of hydrogen-bond donors (Lipinski definition) is 1. The molecule has 28 heavy (non-hydrogen) atoms. The summed E-state index contributed by atoms with van der Waals surface area (Å²) in [5.41, 5.74) is 4.27. The fourth-order valence-electron chi connectivity index (χ4n) is 2.80. The van der Waals surface area contributed by atoms with Crippen molar-refractivity contribution in [1.29, 1.82) is 0 Å². The molecule has 0 amide bonds. The largest absolute Gasteiger partial charge is 0.490 e. The number of imidazole rings is 1. The quantitative estimate of drug-likeness (QED) is 0.799. The molecule has 3 heterocycles. The average Bonchev–Trinajstić information content (AvgIpc) is 3.22. The zero-order valence-electron chi connectivity index (χ0n) is 15.9. The molecule has 0 saturated carbocycles. The van der Waals surface area contributed by atoms with Gasteiger partial charge in [-0.25, -0.2) is 14.8 Å². The molecule has 0 saturated heterocycles. The molecule has 3 rings (SSSR count). The molecule has 1 N–H and O–H groups in total. The average molecular weight is 420 g/mol. The van der Waals surface area contributed by atoms with Crippen LogP contribution in [0.3, 0.4) is 0 Å². The van der Waals surface area contributed by atoms with Crippen molar-refractivity contribution in [3.8, 4) is 0 Å². The van der Waals surface area contributed by atoms with E-state index < -0.39 is 12.1 Å². The Labute approximate surface area is 164 Å². The first-order valence-corrected chi connectivity index (χ1v) is 9.58. The molecule has 0 fully saturated rings. The molecule has 1 aliphatic rings. The van der Waals surface area contributed by atoms with Gasteiger partial charge in [0, 0.05) is 31.1 Å². The number of fused-ring (bicyclic) bond motifs is 1.